The highest BCUT2D eigenvalue weighted by Crippen LogP contribution is 2.25. The normalized spacial score (nSPS) is 10.6. The van der Waals surface area contributed by atoms with Crippen LogP contribution in [-0.4, -0.2) is 5.78 Å². The maximum atomic E-state index is 12.3. The molecule has 2 N–H and O–H groups in total. The third-order valence-electron chi connectivity index (χ3n) is 1.96. The van der Waals surface area contributed by atoms with Crippen LogP contribution in [0.4, 0.5) is 14.5 Å². The molecule has 0 radical (unpaired) electrons. The lowest BCUT2D eigenvalue weighted by Gasteiger charge is -2.05. The van der Waals surface area contributed by atoms with Crippen LogP contribution in [0.5, 0.6) is 0 Å². The van der Waals surface area contributed by atoms with Crippen LogP contribution >= 0.6 is 0 Å². The van der Waals surface area contributed by atoms with E-state index in [1.807, 2.05) is 0 Å². The molecule has 1 aromatic rings. The first kappa shape index (κ1) is 10.6. The lowest BCUT2D eigenvalue weighted by atomic mass is 10.1. The van der Waals surface area contributed by atoms with E-state index < -0.39 is 6.43 Å². The van der Waals surface area contributed by atoms with Crippen molar-refractivity contribution in [3.05, 3.63) is 29.3 Å². The van der Waals surface area contributed by atoms with Crippen LogP contribution in [-0.2, 0) is 0 Å². The van der Waals surface area contributed by atoms with Gasteiger partial charge in [-0.15, -0.1) is 0 Å². The highest BCUT2D eigenvalue weighted by Gasteiger charge is 2.12. The Morgan fingerprint density at radius 2 is 2.14 bits per heavy atom. The van der Waals surface area contributed by atoms with Crippen molar-refractivity contribution in [1.82, 2.24) is 0 Å². The SMILES string of the molecule is CCC(=O)c1ccc(C(F)F)c(N)c1. The zero-order valence-electron chi connectivity index (χ0n) is 7.76. The van der Waals surface area contributed by atoms with Crippen molar-refractivity contribution in [3.8, 4) is 0 Å². The summed E-state index contributed by atoms with van der Waals surface area (Å²) in [6.45, 7) is 1.71. The quantitative estimate of drug-likeness (QED) is 0.600. The minimum Gasteiger partial charge on any atom is -0.398 e. The Kier molecular flexibility index (Phi) is 3.17. The van der Waals surface area contributed by atoms with Crippen LogP contribution in [0, 0.1) is 0 Å². The van der Waals surface area contributed by atoms with Gasteiger partial charge in [0.1, 0.15) is 0 Å². The number of carbonyl (C=O) groups is 1. The first-order valence-corrected chi connectivity index (χ1v) is 4.27. The number of rotatable bonds is 3. The van der Waals surface area contributed by atoms with Crippen molar-refractivity contribution >= 4 is 11.5 Å². The molecule has 0 fully saturated rings. The van der Waals surface area contributed by atoms with Crippen LogP contribution in [0.3, 0.4) is 0 Å². The van der Waals surface area contributed by atoms with Gasteiger partial charge in [0.05, 0.1) is 0 Å². The molecule has 0 aliphatic heterocycles. The van der Waals surface area contributed by atoms with Crippen LogP contribution in [0.15, 0.2) is 18.2 Å². The highest BCUT2D eigenvalue weighted by molar-refractivity contribution is 5.96. The Hall–Kier alpha value is -1.45. The van der Waals surface area contributed by atoms with E-state index in [9.17, 15) is 13.6 Å². The number of carbonyl (C=O) groups excluding carboxylic acids is 1. The Bertz CT molecular complexity index is 350. The number of halogens is 2. The van der Waals surface area contributed by atoms with Gasteiger partial charge in [-0.25, -0.2) is 8.78 Å². The van der Waals surface area contributed by atoms with E-state index in [0.717, 1.165) is 0 Å². The molecule has 2 nitrogen and oxygen atoms in total. The third kappa shape index (κ3) is 2.07. The van der Waals surface area contributed by atoms with Crippen LogP contribution < -0.4 is 5.73 Å². The Labute approximate surface area is 80.7 Å². The van der Waals surface area contributed by atoms with Gasteiger partial charge in [-0.3, -0.25) is 4.79 Å². The molecule has 0 aliphatic carbocycles. The molecule has 14 heavy (non-hydrogen) atoms. The number of benzene rings is 1. The molecule has 0 aromatic heterocycles. The average Bonchev–Trinajstić information content (AvgIpc) is 2.15. The number of nitrogen functional groups attached to an aromatic ring is 1. The molecular weight excluding hydrogens is 188 g/mol. The molecule has 0 amide bonds. The predicted octanol–water partition coefficient (Wildman–Crippen LogP) is 2.80. The van der Waals surface area contributed by atoms with Gasteiger partial charge >= 0.3 is 0 Å². The minimum atomic E-state index is -2.60. The fourth-order valence-electron chi connectivity index (χ4n) is 1.15. The molecule has 4 heteroatoms. The second-order valence-electron chi connectivity index (χ2n) is 2.92. The maximum absolute atomic E-state index is 12.3. The summed E-state index contributed by atoms with van der Waals surface area (Å²) in [7, 11) is 0. The topological polar surface area (TPSA) is 43.1 Å². The zero-order chi connectivity index (χ0) is 10.7. The van der Waals surface area contributed by atoms with E-state index in [0.29, 0.717) is 12.0 Å². The lowest BCUT2D eigenvalue weighted by Crippen LogP contribution is -2.01. The Morgan fingerprint density at radius 1 is 1.50 bits per heavy atom. The van der Waals surface area contributed by atoms with E-state index in [2.05, 4.69) is 0 Å². The number of Topliss-reactive ketones (excluding diaryl/α,β-unsaturated/α-hetero) is 1. The van der Waals surface area contributed by atoms with Gasteiger partial charge in [0.15, 0.2) is 5.78 Å². The fraction of sp³-hybridized carbons (Fsp3) is 0.300. The summed E-state index contributed by atoms with van der Waals surface area (Å²) in [5.41, 5.74) is 5.51. The van der Waals surface area contributed by atoms with Gasteiger partial charge in [-0.2, -0.15) is 0 Å². The molecule has 1 rings (SSSR count). The van der Waals surface area contributed by atoms with Gasteiger partial charge in [-0.1, -0.05) is 19.1 Å². The smallest absolute Gasteiger partial charge is 0.265 e. The molecule has 0 unspecified atom stereocenters. The molecule has 0 saturated heterocycles. The van der Waals surface area contributed by atoms with Crippen LogP contribution in [0.25, 0.3) is 0 Å². The molecule has 0 saturated carbocycles. The first-order valence-electron chi connectivity index (χ1n) is 4.27. The average molecular weight is 199 g/mol. The number of hydrogen-bond acceptors (Lipinski definition) is 2. The van der Waals surface area contributed by atoms with Gasteiger partial charge in [0.2, 0.25) is 0 Å². The van der Waals surface area contributed by atoms with Crippen molar-refractivity contribution in [2.24, 2.45) is 0 Å². The third-order valence-corrected chi connectivity index (χ3v) is 1.96. The number of ketones is 1. The van der Waals surface area contributed by atoms with E-state index in [1.165, 1.54) is 18.2 Å². The van der Waals surface area contributed by atoms with E-state index in [-0.39, 0.29) is 17.0 Å². The number of hydrogen-bond donors (Lipinski definition) is 1. The molecular formula is C10H11F2NO. The number of alkyl halides is 2. The van der Waals surface area contributed by atoms with Gasteiger partial charge in [0.25, 0.3) is 6.43 Å². The van der Waals surface area contributed by atoms with Crippen molar-refractivity contribution in [2.75, 3.05) is 5.73 Å². The molecule has 0 heterocycles. The minimum absolute atomic E-state index is 0.0284. The summed E-state index contributed by atoms with van der Waals surface area (Å²) in [6.07, 6.45) is -2.26. The summed E-state index contributed by atoms with van der Waals surface area (Å²) in [5, 5.41) is 0. The number of anilines is 1. The van der Waals surface area contributed by atoms with Crippen molar-refractivity contribution in [3.63, 3.8) is 0 Å². The zero-order valence-corrected chi connectivity index (χ0v) is 7.76. The molecule has 0 spiro atoms. The van der Waals surface area contributed by atoms with Gasteiger partial charge in [-0.05, 0) is 6.07 Å². The standard InChI is InChI=1S/C10H11F2NO/c1-2-9(14)6-3-4-7(10(11)12)8(13)5-6/h3-5,10H,2,13H2,1H3. The molecule has 0 aliphatic rings. The van der Waals surface area contributed by atoms with Crippen LogP contribution in [0.2, 0.25) is 0 Å². The second-order valence-corrected chi connectivity index (χ2v) is 2.92. The number of nitrogens with two attached hydrogens (primary N) is 1. The van der Waals surface area contributed by atoms with Crippen molar-refractivity contribution < 1.29 is 13.6 Å². The van der Waals surface area contributed by atoms with Crippen molar-refractivity contribution in [1.29, 1.82) is 0 Å². The lowest BCUT2D eigenvalue weighted by molar-refractivity contribution is 0.0987. The molecule has 0 atom stereocenters. The van der Waals surface area contributed by atoms with Gasteiger partial charge in [0, 0.05) is 23.2 Å². The predicted molar refractivity (Wildman–Crippen MR) is 50.4 cm³/mol. The van der Waals surface area contributed by atoms with Crippen molar-refractivity contribution in [2.45, 2.75) is 19.8 Å². The Balaban J connectivity index is 3.06. The first-order chi connectivity index (χ1) is 6.56. The molecule has 0 bridgehead atoms. The molecule has 76 valence electrons. The monoisotopic (exact) mass is 199 g/mol. The highest BCUT2D eigenvalue weighted by atomic mass is 19.3. The summed E-state index contributed by atoms with van der Waals surface area (Å²) < 4.78 is 24.6. The Morgan fingerprint density at radius 3 is 2.57 bits per heavy atom. The fourth-order valence-corrected chi connectivity index (χ4v) is 1.15. The summed E-state index contributed by atoms with van der Waals surface area (Å²) in [5.74, 6) is -0.0995. The van der Waals surface area contributed by atoms with Gasteiger partial charge < -0.3 is 5.73 Å². The largest absolute Gasteiger partial charge is 0.398 e. The summed E-state index contributed by atoms with van der Waals surface area (Å²) in [6, 6.07) is 3.87. The van der Waals surface area contributed by atoms with E-state index in [4.69, 9.17) is 5.73 Å². The summed E-state index contributed by atoms with van der Waals surface area (Å²) >= 11 is 0. The van der Waals surface area contributed by atoms with Crippen LogP contribution in [0.1, 0.15) is 35.7 Å². The van der Waals surface area contributed by atoms with E-state index >= 15 is 0 Å². The van der Waals surface area contributed by atoms with E-state index in [1.54, 1.807) is 6.92 Å². The summed E-state index contributed by atoms with van der Waals surface area (Å²) in [4.78, 5) is 11.2. The maximum Gasteiger partial charge on any atom is 0.265 e. The molecule has 1 aromatic carbocycles. The second kappa shape index (κ2) is 4.17.